The molecule has 1 saturated carbocycles. The molecule has 42 heavy (non-hydrogen) atoms. The number of halogens is 2. The highest BCUT2D eigenvalue weighted by molar-refractivity contribution is 6.33. The number of aromatic nitrogens is 3. The maximum Gasteiger partial charge on any atom is 0.213 e. The van der Waals surface area contributed by atoms with E-state index in [0.29, 0.717) is 29.7 Å². The molecule has 10 nitrogen and oxygen atoms in total. The molecule has 0 radical (unpaired) electrons. The molecule has 3 heterocycles. The highest BCUT2D eigenvalue weighted by Gasteiger charge is 2.23. The van der Waals surface area contributed by atoms with E-state index in [2.05, 4.69) is 20.4 Å². The molecule has 0 amide bonds. The lowest BCUT2D eigenvalue weighted by Gasteiger charge is -2.28. The summed E-state index contributed by atoms with van der Waals surface area (Å²) in [4.78, 5) is 8.93. The highest BCUT2D eigenvalue weighted by Crippen LogP contribution is 2.33. The second-order valence-corrected chi connectivity index (χ2v) is 10.8. The number of aliphatic hydroxyl groups is 1. The predicted octanol–water partition coefficient (Wildman–Crippen LogP) is 4.60. The molecule has 222 valence electrons. The van der Waals surface area contributed by atoms with Crippen LogP contribution in [0.2, 0.25) is 5.02 Å². The van der Waals surface area contributed by atoms with E-state index in [1.807, 2.05) is 25.3 Å². The van der Waals surface area contributed by atoms with E-state index in [1.54, 1.807) is 16.9 Å². The molecule has 4 aromatic rings. The van der Waals surface area contributed by atoms with Crippen molar-refractivity contribution in [1.29, 1.82) is 0 Å². The summed E-state index contributed by atoms with van der Waals surface area (Å²) in [5.74, 6) is 0.200. The standard InChI is InChI=1S/C30H35ClFN7O3/c1-18-12-28(42-11-10-41-9-8-40)35-15-23(18)19-13-27-29(37-22-5-3-21(33)4-6-22)24(16-36-39(27)17-19)30(34)38-26-14-20(32)2-7-25(26)31/h2,7,12-17,21-22,37,40H,3-6,8-11,33H2,1H3,(H2,34,38)/t21-,22-. The first-order chi connectivity index (χ1) is 20.3. The monoisotopic (exact) mass is 595 g/mol. The molecule has 1 aliphatic rings. The van der Waals surface area contributed by atoms with Crippen LogP contribution in [0.5, 0.6) is 5.88 Å². The quantitative estimate of drug-likeness (QED) is 0.112. The minimum Gasteiger partial charge on any atom is -0.475 e. The highest BCUT2D eigenvalue weighted by atomic mass is 35.5. The van der Waals surface area contributed by atoms with Crippen molar-refractivity contribution in [2.75, 3.05) is 31.7 Å². The Morgan fingerprint density at radius 2 is 1.98 bits per heavy atom. The Kier molecular flexibility index (Phi) is 9.53. The molecule has 5 rings (SSSR count). The number of benzene rings is 1. The largest absolute Gasteiger partial charge is 0.475 e. The number of aliphatic hydroxyl groups excluding tert-OH is 1. The smallest absolute Gasteiger partial charge is 0.213 e. The number of amidine groups is 1. The Balaban J connectivity index is 1.49. The minimum absolute atomic E-state index is 0.0266. The first-order valence-electron chi connectivity index (χ1n) is 13.9. The maximum atomic E-state index is 13.9. The van der Waals surface area contributed by atoms with Crippen molar-refractivity contribution in [2.24, 2.45) is 16.5 Å². The van der Waals surface area contributed by atoms with E-state index >= 15 is 0 Å². The average molecular weight is 596 g/mol. The van der Waals surface area contributed by atoms with Gasteiger partial charge >= 0.3 is 0 Å². The molecule has 1 fully saturated rings. The number of nitrogens with zero attached hydrogens (tertiary/aromatic N) is 4. The number of nitrogens with one attached hydrogen (secondary N) is 1. The molecule has 1 aromatic carbocycles. The Bertz CT molecular complexity index is 1570. The fourth-order valence-corrected chi connectivity index (χ4v) is 5.22. The van der Waals surface area contributed by atoms with Gasteiger partial charge in [-0.3, -0.25) is 0 Å². The van der Waals surface area contributed by atoms with E-state index in [-0.39, 0.29) is 36.8 Å². The topological polar surface area (TPSA) is 145 Å². The lowest BCUT2D eigenvalue weighted by atomic mass is 9.91. The third-order valence-corrected chi connectivity index (χ3v) is 7.61. The summed E-state index contributed by atoms with van der Waals surface area (Å²) < 4.78 is 26.6. The van der Waals surface area contributed by atoms with Crippen LogP contribution in [0.25, 0.3) is 16.6 Å². The van der Waals surface area contributed by atoms with Crippen molar-refractivity contribution in [3.63, 3.8) is 0 Å². The predicted molar refractivity (Wildman–Crippen MR) is 162 cm³/mol. The fraction of sp³-hybridized carbons (Fsp3) is 0.367. The van der Waals surface area contributed by atoms with E-state index in [1.165, 1.54) is 18.2 Å². The Labute approximate surface area is 248 Å². The number of pyridine rings is 1. The number of hydrogen-bond acceptors (Lipinski definition) is 8. The normalized spacial score (nSPS) is 17.5. The van der Waals surface area contributed by atoms with Crippen LogP contribution in [0, 0.1) is 12.7 Å². The molecular formula is C30H35ClFN7O3. The van der Waals surface area contributed by atoms with Gasteiger partial charge < -0.3 is 31.4 Å². The zero-order valence-electron chi connectivity index (χ0n) is 23.4. The number of aryl methyl sites for hydroxylation is 1. The van der Waals surface area contributed by atoms with Crippen LogP contribution in [0.1, 0.15) is 36.8 Å². The fourth-order valence-electron chi connectivity index (χ4n) is 5.06. The van der Waals surface area contributed by atoms with Crippen LogP contribution in [0.3, 0.4) is 0 Å². The van der Waals surface area contributed by atoms with Crippen molar-refractivity contribution >= 4 is 34.3 Å². The van der Waals surface area contributed by atoms with Gasteiger partial charge in [0.1, 0.15) is 18.3 Å². The number of aliphatic imine (C=N–C) groups is 1. The second kappa shape index (κ2) is 13.5. The zero-order valence-corrected chi connectivity index (χ0v) is 24.1. The molecule has 0 spiro atoms. The SMILES string of the molecule is Cc1cc(OCCOCCO)ncc1-c1cc2c(N[C@H]3CC[C@H](N)CC3)c(/C(N)=N/c3cc(F)ccc3Cl)cnn2c1. The van der Waals surface area contributed by atoms with Gasteiger partial charge in [-0.05, 0) is 56.4 Å². The van der Waals surface area contributed by atoms with Gasteiger partial charge in [0, 0.05) is 47.7 Å². The lowest BCUT2D eigenvalue weighted by molar-refractivity contribution is 0.0695. The van der Waals surface area contributed by atoms with Gasteiger partial charge in [0.15, 0.2) is 0 Å². The van der Waals surface area contributed by atoms with E-state index in [0.717, 1.165) is 53.6 Å². The van der Waals surface area contributed by atoms with Gasteiger partial charge in [-0.1, -0.05) is 11.6 Å². The van der Waals surface area contributed by atoms with Crippen LogP contribution in [-0.2, 0) is 4.74 Å². The van der Waals surface area contributed by atoms with Crippen molar-refractivity contribution < 1.29 is 19.0 Å². The number of fused-ring (bicyclic) bond motifs is 1. The lowest BCUT2D eigenvalue weighted by Crippen LogP contribution is -2.33. The van der Waals surface area contributed by atoms with Crippen LogP contribution < -0.4 is 21.5 Å². The maximum absolute atomic E-state index is 13.9. The number of anilines is 1. The molecular weight excluding hydrogens is 561 g/mol. The summed E-state index contributed by atoms with van der Waals surface area (Å²) in [5.41, 5.74) is 17.9. The summed E-state index contributed by atoms with van der Waals surface area (Å²) in [7, 11) is 0. The molecule has 0 unspecified atom stereocenters. The minimum atomic E-state index is -0.455. The summed E-state index contributed by atoms with van der Waals surface area (Å²) in [6.45, 7) is 2.93. The van der Waals surface area contributed by atoms with Crippen molar-refractivity contribution in [3.8, 4) is 17.0 Å². The van der Waals surface area contributed by atoms with Crippen molar-refractivity contribution in [2.45, 2.75) is 44.7 Å². The zero-order chi connectivity index (χ0) is 29.6. The summed E-state index contributed by atoms with van der Waals surface area (Å²) in [6.07, 6.45) is 9.06. The first-order valence-corrected chi connectivity index (χ1v) is 14.3. The number of hydrogen-bond donors (Lipinski definition) is 4. The van der Waals surface area contributed by atoms with Gasteiger partial charge in [-0.25, -0.2) is 18.9 Å². The average Bonchev–Trinajstić information content (AvgIpc) is 3.41. The summed E-state index contributed by atoms with van der Waals surface area (Å²) >= 11 is 6.27. The molecule has 0 aliphatic heterocycles. The number of ether oxygens (including phenoxy) is 2. The van der Waals surface area contributed by atoms with E-state index in [4.69, 9.17) is 37.6 Å². The molecule has 12 heteroatoms. The molecule has 1 aliphatic carbocycles. The van der Waals surface area contributed by atoms with Gasteiger partial charge in [-0.2, -0.15) is 5.10 Å². The number of nitrogens with two attached hydrogens (primary N) is 2. The first kappa shape index (κ1) is 29.7. The Morgan fingerprint density at radius 1 is 1.17 bits per heavy atom. The molecule has 0 bridgehead atoms. The second-order valence-electron chi connectivity index (χ2n) is 10.4. The number of rotatable bonds is 11. The van der Waals surface area contributed by atoms with Crippen molar-refractivity contribution in [1.82, 2.24) is 14.6 Å². The third-order valence-electron chi connectivity index (χ3n) is 7.29. The van der Waals surface area contributed by atoms with Crippen molar-refractivity contribution in [3.05, 3.63) is 70.9 Å². The van der Waals surface area contributed by atoms with Gasteiger partial charge in [0.2, 0.25) is 5.88 Å². The van der Waals surface area contributed by atoms with E-state index in [9.17, 15) is 4.39 Å². The molecule has 0 saturated heterocycles. The third kappa shape index (κ3) is 6.99. The Hall–Kier alpha value is -3.77. The van der Waals surface area contributed by atoms with Crippen LogP contribution in [0.4, 0.5) is 15.8 Å². The summed E-state index contributed by atoms with van der Waals surface area (Å²) in [5, 5.41) is 17.4. The van der Waals surface area contributed by atoms with Crippen LogP contribution in [0.15, 0.2) is 53.9 Å². The van der Waals surface area contributed by atoms with Crippen LogP contribution in [-0.4, -0.2) is 64.1 Å². The summed E-state index contributed by atoms with van der Waals surface area (Å²) in [6, 6.07) is 8.28. The molecule has 0 atom stereocenters. The molecule has 6 N–H and O–H groups in total. The van der Waals surface area contributed by atoms with Gasteiger partial charge in [-0.15, -0.1) is 0 Å². The van der Waals surface area contributed by atoms with Crippen LogP contribution >= 0.6 is 11.6 Å². The molecule has 3 aromatic heterocycles. The Morgan fingerprint density at radius 3 is 2.74 bits per heavy atom. The van der Waals surface area contributed by atoms with Gasteiger partial charge in [0.25, 0.3) is 0 Å². The van der Waals surface area contributed by atoms with Gasteiger partial charge in [0.05, 0.1) is 53.5 Å². The van der Waals surface area contributed by atoms with E-state index < -0.39 is 5.82 Å².